The lowest BCUT2D eigenvalue weighted by Crippen LogP contribution is -2.41. The molecule has 1 atom stereocenters. The number of aromatic nitrogens is 5. The van der Waals surface area contributed by atoms with Crippen molar-refractivity contribution in [1.29, 1.82) is 0 Å². The van der Waals surface area contributed by atoms with Crippen molar-refractivity contribution < 1.29 is 4.79 Å². The van der Waals surface area contributed by atoms with Crippen molar-refractivity contribution in [3.8, 4) is 5.82 Å². The van der Waals surface area contributed by atoms with Gasteiger partial charge in [0.05, 0.1) is 11.6 Å². The second-order valence-corrected chi connectivity index (χ2v) is 8.67. The summed E-state index contributed by atoms with van der Waals surface area (Å²) in [6.07, 6.45) is 11.6. The van der Waals surface area contributed by atoms with E-state index in [0.29, 0.717) is 6.54 Å². The van der Waals surface area contributed by atoms with E-state index >= 15 is 0 Å². The van der Waals surface area contributed by atoms with Gasteiger partial charge in [-0.25, -0.2) is 9.97 Å². The standard InChI is InChI=1S/C20H23N7OS/c28-19(23-20-22-15-5-1-2-6-16(15)29-20)14-4-3-10-26(12-14)17-7-8-18(25-24-17)27-11-9-21-13-27/h7-9,11,13-14H,1-6,10,12H2,(H,22,23,28)/t14-/m1/s1. The van der Waals surface area contributed by atoms with Gasteiger partial charge in [-0.3, -0.25) is 9.36 Å². The monoisotopic (exact) mass is 409 g/mol. The highest BCUT2D eigenvalue weighted by Gasteiger charge is 2.28. The molecule has 0 aromatic carbocycles. The number of nitrogens with one attached hydrogen (secondary N) is 1. The number of hydrogen-bond donors (Lipinski definition) is 1. The molecule has 0 saturated carbocycles. The molecule has 2 aliphatic rings. The third kappa shape index (κ3) is 3.87. The number of aryl methyl sites for hydroxylation is 2. The van der Waals surface area contributed by atoms with Gasteiger partial charge in [-0.2, -0.15) is 0 Å². The normalized spacial score (nSPS) is 19.0. The van der Waals surface area contributed by atoms with E-state index in [4.69, 9.17) is 0 Å². The number of rotatable bonds is 4. The highest BCUT2D eigenvalue weighted by molar-refractivity contribution is 7.15. The van der Waals surface area contributed by atoms with Crippen molar-refractivity contribution in [2.75, 3.05) is 23.3 Å². The molecule has 1 aliphatic carbocycles. The largest absolute Gasteiger partial charge is 0.354 e. The minimum atomic E-state index is -0.0696. The lowest BCUT2D eigenvalue weighted by atomic mass is 9.97. The number of thiazole rings is 1. The van der Waals surface area contributed by atoms with Crippen LogP contribution in [-0.4, -0.2) is 43.7 Å². The van der Waals surface area contributed by atoms with Crippen LogP contribution < -0.4 is 10.2 Å². The molecule has 1 amide bonds. The molecular formula is C20H23N7OS. The first-order valence-electron chi connectivity index (χ1n) is 10.1. The molecule has 0 radical (unpaired) electrons. The molecule has 3 aromatic heterocycles. The predicted octanol–water partition coefficient (Wildman–Crippen LogP) is 2.85. The fourth-order valence-corrected chi connectivity index (χ4v) is 5.08. The molecule has 1 aliphatic heterocycles. The number of carbonyl (C=O) groups excluding carboxylic acids is 1. The van der Waals surface area contributed by atoms with Gasteiger partial charge in [0, 0.05) is 30.4 Å². The topological polar surface area (TPSA) is 88.8 Å². The maximum absolute atomic E-state index is 12.8. The van der Waals surface area contributed by atoms with Gasteiger partial charge in [0.25, 0.3) is 0 Å². The lowest BCUT2D eigenvalue weighted by Gasteiger charge is -2.32. The van der Waals surface area contributed by atoms with Crippen LogP contribution in [-0.2, 0) is 17.6 Å². The van der Waals surface area contributed by atoms with Gasteiger partial charge < -0.3 is 10.2 Å². The van der Waals surface area contributed by atoms with Crippen molar-refractivity contribution in [2.24, 2.45) is 5.92 Å². The molecule has 5 rings (SSSR count). The lowest BCUT2D eigenvalue weighted by molar-refractivity contribution is -0.120. The Morgan fingerprint density at radius 3 is 2.79 bits per heavy atom. The Morgan fingerprint density at radius 1 is 1.14 bits per heavy atom. The van der Waals surface area contributed by atoms with Gasteiger partial charge in [0.2, 0.25) is 5.91 Å². The molecule has 4 heterocycles. The zero-order chi connectivity index (χ0) is 19.6. The number of anilines is 2. The van der Waals surface area contributed by atoms with E-state index in [1.165, 1.54) is 23.4 Å². The van der Waals surface area contributed by atoms with Crippen molar-refractivity contribution in [1.82, 2.24) is 24.7 Å². The van der Waals surface area contributed by atoms with Crippen LogP contribution in [0.4, 0.5) is 10.9 Å². The molecule has 1 saturated heterocycles. The fourth-order valence-electron chi connectivity index (χ4n) is 4.03. The quantitative estimate of drug-likeness (QED) is 0.713. The van der Waals surface area contributed by atoms with Crippen LogP contribution in [0.5, 0.6) is 0 Å². The minimum Gasteiger partial charge on any atom is -0.354 e. The summed E-state index contributed by atoms with van der Waals surface area (Å²) in [6.45, 7) is 1.53. The molecule has 1 N–H and O–H groups in total. The van der Waals surface area contributed by atoms with Crippen LogP contribution in [0.25, 0.3) is 5.82 Å². The van der Waals surface area contributed by atoms with Gasteiger partial charge in [0.1, 0.15) is 6.33 Å². The average Bonchev–Trinajstić information content (AvgIpc) is 3.43. The number of carbonyl (C=O) groups is 1. The smallest absolute Gasteiger partial charge is 0.231 e. The van der Waals surface area contributed by atoms with E-state index in [2.05, 4.69) is 30.4 Å². The summed E-state index contributed by atoms with van der Waals surface area (Å²) in [5.74, 6) is 1.52. The first kappa shape index (κ1) is 18.2. The number of amides is 1. The second kappa shape index (κ2) is 7.90. The highest BCUT2D eigenvalue weighted by Crippen LogP contribution is 2.30. The number of hydrogen-bond acceptors (Lipinski definition) is 7. The number of piperidine rings is 1. The highest BCUT2D eigenvalue weighted by atomic mass is 32.1. The van der Waals surface area contributed by atoms with Crippen molar-refractivity contribution in [3.63, 3.8) is 0 Å². The molecule has 3 aromatic rings. The Bertz CT molecular complexity index is 959. The molecule has 29 heavy (non-hydrogen) atoms. The van der Waals surface area contributed by atoms with Gasteiger partial charge in [-0.05, 0) is 50.7 Å². The molecular weight excluding hydrogens is 386 g/mol. The van der Waals surface area contributed by atoms with E-state index in [-0.39, 0.29) is 11.8 Å². The van der Waals surface area contributed by atoms with Gasteiger partial charge in [-0.15, -0.1) is 21.5 Å². The summed E-state index contributed by atoms with van der Waals surface area (Å²) >= 11 is 1.64. The zero-order valence-corrected chi connectivity index (χ0v) is 16.9. The molecule has 8 nitrogen and oxygen atoms in total. The van der Waals surface area contributed by atoms with Crippen LogP contribution in [0.2, 0.25) is 0 Å². The van der Waals surface area contributed by atoms with E-state index < -0.39 is 0 Å². The number of nitrogens with zero attached hydrogens (tertiary/aromatic N) is 6. The van der Waals surface area contributed by atoms with Crippen molar-refractivity contribution in [2.45, 2.75) is 38.5 Å². The maximum Gasteiger partial charge on any atom is 0.231 e. The van der Waals surface area contributed by atoms with Gasteiger partial charge in [-0.1, -0.05) is 0 Å². The molecule has 1 fully saturated rings. The van der Waals surface area contributed by atoms with Crippen LogP contribution in [0.3, 0.4) is 0 Å². The third-order valence-corrected chi connectivity index (χ3v) is 6.67. The Kier molecular flexibility index (Phi) is 4.97. The van der Waals surface area contributed by atoms with Crippen molar-refractivity contribution >= 4 is 28.2 Å². The van der Waals surface area contributed by atoms with Crippen LogP contribution in [0, 0.1) is 5.92 Å². The Labute approximate surface area is 173 Å². The first-order chi connectivity index (χ1) is 14.3. The number of imidazole rings is 1. The summed E-state index contributed by atoms with van der Waals surface area (Å²) in [5.41, 5.74) is 1.18. The second-order valence-electron chi connectivity index (χ2n) is 7.59. The fraction of sp³-hybridized carbons (Fsp3) is 0.450. The third-order valence-electron chi connectivity index (χ3n) is 5.60. The Morgan fingerprint density at radius 2 is 2.00 bits per heavy atom. The first-order valence-corrected chi connectivity index (χ1v) is 10.9. The van der Waals surface area contributed by atoms with E-state index in [9.17, 15) is 4.79 Å². The minimum absolute atomic E-state index is 0.0591. The Balaban J connectivity index is 1.24. The van der Waals surface area contributed by atoms with Crippen molar-refractivity contribution in [3.05, 3.63) is 41.4 Å². The van der Waals surface area contributed by atoms with Crippen LogP contribution in [0.15, 0.2) is 30.9 Å². The summed E-state index contributed by atoms with van der Waals surface area (Å²) in [7, 11) is 0. The summed E-state index contributed by atoms with van der Waals surface area (Å²) in [6, 6.07) is 3.88. The van der Waals surface area contributed by atoms with E-state index in [0.717, 1.165) is 49.0 Å². The van der Waals surface area contributed by atoms with Gasteiger partial charge >= 0.3 is 0 Å². The average molecular weight is 410 g/mol. The summed E-state index contributed by atoms with van der Waals surface area (Å²) in [4.78, 5) is 25.0. The maximum atomic E-state index is 12.8. The number of fused-ring (bicyclic) bond motifs is 1. The Hall–Kier alpha value is -2.81. The predicted molar refractivity (Wildman–Crippen MR) is 111 cm³/mol. The molecule has 9 heteroatoms. The zero-order valence-electron chi connectivity index (χ0n) is 16.1. The van der Waals surface area contributed by atoms with Crippen LogP contribution in [0.1, 0.15) is 36.3 Å². The van der Waals surface area contributed by atoms with E-state index in [1.807, 2.05) is 22.9 Å². The van der Waals surface area contributed by atoms with Gasteiger partial charge in [0.15, 0.2) is 16.8 Å². The molecule has 0 spiro atoms. The van der Waals surface area contributed by atoms with Crippen LogP contribution >= 0.6 is 11.3 Å². The summed E-state index contributed by atoms with van der Waals surface area (Å²) < 4.78 is 1.82. The molecule has 0 unspecified atom stereocenters. The summed E-state index contributed by atoms with van der Waals surface area (Å²) in [5, 5.41) is 12.5. The molecule has 150 valence electrons. The van der Waals surface area contributed by atoms with E-state index in [1.54, 1.807) is 23.9 Å². The molecule has 0 bridgehead atoms. The SMILES string of the molecule is O=C(Nc1nc2c(s1)CCCC2)[C@@H]1CCCN(c2ccc(-n3ccnc3)nn2)C1.